The average Bonchev–Trinajstić information content (AvgIpc) is 2.63. The van der Waals surface area contributed by atoms with Crippen molar-refractivity contribution in [2.24, 2.45) is 0 Å². The first-order valence-corrected chi connectivity index (χ1v) is 6.55. The standard InChI is InChI=1S/C13H15F2N3O2/c1-8-2-3-10-11-9(16-18(10)7-4-8)5-6-17(12(19)20)13(11,14)15/h1-7H2,(H,19,20). The summed E-state index contributed by atoms with van der Waals surface area (Å²) in [7, 11) is 0. The lowest BCUT2D eigenvalue weighted by Gasteiger charge is -2.32. The summed E-state index contributed by atoms with van der Waals surface area (Å²) >= 11 is 0. The molecule has 0 spiro atoms. The number of amides is 1. The summed E-state index contributed by atoms with van der Waals surface area (Å²) in [5.41, 5.74) is 1.59. The number of halogens is 2. The van der Waals surface area contributed by atoms with E-state index in [1.165, 1.54) is 0 Å². The zero-order valence-corrected chi connectivity index (χ0v) is 10.9. The van der Waals surface area contributed by atoms with Crippen LogP contribution in [0.1, 0.15) is 29.8 Å². The van der Waals surface area contributed by atoms with Gasteiger partial charge in [-0.15, -0.1) is 0 Å². The monoisotopic (exact) mass is 283 g/mol. The van der Waals surface area contributed by atoms with Gasteiger partial charge in [0.05, 0.1) is 17.0 Å². The van der Waals surface area contributed by atoms with Crippen LogP contribution in [0.3, 0.4) is 0 Å². The Kier molecular flexibility index (Phi) is 2.81. The molecule has 0 radical (unpaired) electrons. The molecular formula is C13H15F2N3O2. The average molecular weight is 283 g/mol. The number of nitrogens with zero attached hydrogens (tertiary/aromatic N) is 3. The van der Waals surface area contributed by atoms with Gasteiger partial charge in [0.2, 0.25) is 0 Å². The van der Waals surface area contributed by atoms with Crippen LogP contribution >= 0.6 is 0 Å². The maximum absolute atomic E-state index is 14.4. The number of hydrogen-bond donors (Lipinski definition) is 1. The quantitative estimate of drug-likeness (QED) is 0.587. The lowest BCUT2D eigenvalue weighted by molar-refractivity contribution is -0.143. The van der Waals surface area contributed by atoms with Crippen LogP contribution in [0.15, 0.2) is 12.2 Å². The topological polar surface area (TPSA) is 58.4 Å². The Morgan fingerprint density at radius 3 is 2.70 bits per heavy atom. The Labute approximate surface area is 114 Å². The molecule has 1 amide bonds. The molecule has 0 aromatic carbocycles. The number of alkyl halides is 2. The van der Waals surface area contributed by atoms with E-state index in [0.29, 0.717) is 30.8 Å². The van der Waals surface area contributed by atoms with Gasteiger partial charge in [-0.25, -0.2) is 9.69 Å². The van der Waals surface area contributed by atoms with Crippen LogP contribution in [-0.4, -0.2) is 32.4 Å². The number of hydrogen-bond acceptors (Lipinski definition) is 2. The fourth-order valence-corrected chi connectivity index (χ4v) is 2.91. The largest absolute Gasteiger partial charge is 0.465 e. The number of rotatable bonds is 0. The molecule has 3 rings (SSSR count). The van der Waals surface area contributed by atoms with Crippen LogP contribution in [0.2, 0.25) is 0 Å². The molecule has 5 nitrogen and oxygen atoms in total. The Morgan fingerprint density at radius 2 is 2.00 bits per heavy atom. The molecule has 1 aromatic rings. The van der Waals surface area contributed by atoms with Gasteiger partial charge in [0.25, 0.3) is 0 Å². The highest BCUT2D eigenvalue weighted by Gasteiger charge is 2.50. The van der Waals surface area contributed by atoms with Crippen molar-refractivity contribution in [2.45, 2.75) is 38.3 Å². The molecule has 0 fully saturated rings. The maximum Gasteiger partial charge on any atom is 0.412 e. The highest BCUT2D eigenvalue weighted by molar-refractivity contribution is 5.67. The van der Waals surface area contributed by atoms with Crippen molar-refractivity contribution in [1.29, 1.82) is 0 Å². The third-order valence-electron chi connectivity index (χ3n) is 3.97. The molecule has 108 valence electrons. The van der Waals surface area contributed by atoms with Crippen LogP contribution in [0.4, 0.5) is 13.6 Å². The number of allylic oxidation sites excluding steroid dienone is 1. The molecular weight excluding hydrogens is 268 g/mol. The molecule has 2 aliphatic heterocycles. The fourth-order valence-electron chi connectivity index (χ4n) is 2.91. The molecule has 0 bridgehead atoms. The highest BCUT2D eigenvalue weighted by Crippen LogP contribution is 2.41. The number of carbonyl (C=O) groups is 1. The van der Waals surface area contributed by atoms with E-state index in [9.17, 15) is 13.6 Å². The van der Waals surface area contributed by atoms with E-state index in [4.69, 9.17) is 5.11 Å². The van der Waals surface area contributed by atoms with Crippen LogP contribution in [0.5, 0.6) is 0 Å². The Balaban J connectivity index is 2.09. The van der Waals surface area contributed by atoms with Gasteiger partial charge in [-0.3, -0.25) is 4.68 Å². The van der Waals surface area contributed by atoms with Crippen molar-refractivity contribution in [3.8, 4) is 0 Å². The van der Waals surface area contributed by atoms with Crippen LogP contribution < -0.4 is 0 Å². The van der Waals surface area contributed by atoms with E-state index in [2.05, 4.69) is 11.7 Å². The Bertz CT molecular complexity index is 595. The molecule has 3 heterocycles. The van der Waals surface area contributed by atoms with E-state index in [0.717, 1.165) is 12.0 Å². The Hall–Kier alpha value is -1.92. The van der Waals surface area contributed by atoms with E-state index >= 15 is 0 Å². The van der Waals surface area contributed by atoms with Gasteiger partial charge in [-0.05, 0) is 19.3 Å². The minimum Gasteiger partial charge on any atom is -0.465 e. The van der Waals surface area contributed by atoms with Gasteiger partial charge in [0.1, 0.15) is 0 Å². The van der Waals surface area contributed by atoms with Crippen molar-refractivity contribution in [1.82, 2.24) is 14.7 Å². The summed E-state index contributed by atoms with van der Waals surface area (Å²) in [4.78, 5) is 11.2. The summed E-state index contributed by atoms with van der Waals surface area (Å²) in [5.74, 6) is 0. The first kappa shape index (κ1) is 13.1. The second kappa shape index (κ2) is 4.29. The minimum atomic E-state index is -3.50. The predicted octanol–water partition coefficient (Wildman–Crippen LogP) is 2.36. The van der Waals surface area contributed by atoms with Crippen LogP contribution in [-0.2, 0) is 25.4 Å². The third-order valence-corrected chi connectivity index (χ3v) is 3.97. The zero-order chi connectivity index (χ0) is 14.5. The van der Waals surface area contributed by atoms with Gasteiger partial charge in [-0.1, -0.05) is 12.2 Å². The zero-order valence-electron chi connectivity index (χ0n) is 10.9. The van der Waals surface area contributed by atoms with Gasteiger partial charge in [0.15, 0.2) is 0 Å². The van der Waals surface area contributed by atoms with E-state index < -0.39 is 12.1 Å². The highest BCUT2D eigenvalue weighted by atomic mass is 19.3. The third kappa shape index (κ3) is 1.80. The molecule has 7 heteroatoms. The predicted molar refractivity (Wildman–Crippen MR) is 66.6 cm³/mol. The second-order valence-corrected chi connectivity index (χ2v) is 5.22. The van der Waals surface area contributed by atoms with Gasteiger partial charge < -0.3 is 5.11 Å². The maximum atomic E-state index is 14.4. The molecule has 0 saturated carbocycles. The summed E-state index contributed by atoms with van der Waals surface area (Å²) < 4.78 is 30.5. The summed E-state index contributed by atoms with van der Waals surface area (Å²) in [6.45, 7) is 4.20. The normalized spacial score (nSPS) is 21.1. The van der Waals surface area contributed by atoms with Crippen molar-refractivity contribution in [2.75, 3.05) is 6.54 Å². The smallest absolute Gasteiger partial charge is 0.412 e. The summed E-state index contributed by atoms with van der Waals surface area (Å²) in [5, 5.41) is 13.2. The van der Waals surface area contributed by atoms with Crippen molar-refractivity contribution in [3.05, 3.63) is 29.1 Å². The Morgan fingerprint density at radius 1 is 1.25 bits per heavy atom. The lowest BCUT2D eigenvalue weighted by Crippen LogP contribution is -2.47. The number of aromatic nitrogens is 2. The van der Waals surface area contributed by atoms with E-state index in [1.807, 2.05) is 0 Å². The molecule has 1 N–H and O–H groups in total. The minimum absolute atomic E-state index is 0.206. The van der Waals surface area contributed by atoms with Crippen molar-refractivity contribution >= 4 is 6.09 Å². The molecule has 0 atom stereocenters. The van der Waals surface area contributed by atoms with E-state index in [-0.39, 0.29) is 23.4 Å². The first-order chi connectivity index (χ1) is 9.41. The first-order valence-electron chi connectivity index (χ1n) is 6.55. The molecule has 1 aromatic heterocycles. The number of carboxylic acid groups (broad SMARTS) is 1. The van der Waals surface area contributed by atoms with Crippen molar-refractivity contribution in [3.63, 3.8) is 0 Å². The molecule has 0 aliphatic carbocycles. The second-order valence-electron chi connectivity index (χ2n) is 5.22. The van der Waals surface area contributed by atoms with Gasteiger partial charge >= 0.3 is 12.1 Å². The SMILES string of the molecule is C=C1CCc2c3c(nn2CC1)CCN(C(=O)O)C3(F)F. The van der Waals surface area contributed by atoms with Gasteiger partial charge in [0, 0.05) is 19.5 Å². The van der Waals surface area contributed by atoms with E-state index in [1.54, 1.807) is 4.68 Å². The lowest BCUT2D eigenvalue weighted by atomic mass is 9.99. The van der Waals surface area contributed by atoms with Crippen LogP contribution in [0.25, 0.3) is 0 Å². The number of aryl methyl sites for hydroxylation is 1. The van der Waals surface area contributed by atoms with Gasteiger partial charge in [-0.2, -0.15) is 13.9 Å². The van der Waals surface area contributed by atoms with Crippen LogP contribution in [0, 0.1) is 0 Å². The summed E-state index contributed by atoms with van der Waals surface area (Å²) in [6.07, 6.45) is 0.435. The van der Waals surface area contributed by atoms with Crippen molar-refractivity contribution < 1.29 is 18.7 Å². The summed E-state index contributed by atoms with van der Waals surface area (Å²) in [6, 6.07) is -3.50. The molecule has 20 heavy (non-hydrogen) atoms. The molecule has 0 saturated heterocycles. The molecule has 2 aliphatic rings. The number of fused-ring (bicyclic) bond motifs is 3. The molecule has 0 unspecified atom stereocenters. The fraction of sp³-hybridized carbons (Fsp3) is 0.538.